The van der Waals surface area contributed by atoms with Crippen molar-refractivity contribution in [3.63, 3.8) is 0 Å². The first-order valence-corrected chi connectivity index (χ1v) is 11.0. The van der Waals surface area contributed by atoms with Gasteiger partial charge < -0.3 is 15.0 Å². The van der Waals surface area contributed by atoms with Gasteiger partial charge in [0.1, 0.15) is 11.9 Å². The number of sulfonamides is 1. The lowest BCUT2D eigenvalue weighted by molar-refractivity contribution is 0.106. The van der Waals surface area contributed by atoms with Crippen LogP contribution >= 0.6 is 0 Å². The second-order valence-corrected chi connectivity index (χ2v) is 8.73. The van der Waals surface area contributed by atoms with E-state index in [-0.39, 0.29) is 22.8 Å². The van der Waals surface area contributed by atoms with Gasteiger partial charge in [0.25, 0.3) is 0 Å². The molecule has 1 aliphatic heterocycles. The predicted molar refractivity (Wildman–Crippen MR) is 106 cm³/mol. The fourth-order valence-electron chi connectivity index (χ4n) is 3.25. The van der Waals surface area contributed by atoms with Crippen LogP contribution in [0.3, 0.4) is 0 Å². The Balaban J connectivity index is 1.54. The van der Waals surface area contributed by atoms with Crippen LogP contribution in [-0.2, 0) is 10.0 Å². The van der Waals surface area contributed by atoms with Crippen molar-refractivity contribution < 1.29 is 26.7 Å². The van der Waals surface area contributed by atoms with Crippen LogP contribution in [-0.4, -0.2) is 38.5 Å². The lowest BCUT2D eigenvalue weighted by atomic mass is 10.1. The summed E-state index contributed by atoms with van der Waals surface area (Å²) in [5, 5.41) is 7.98. The summed E-state index contributed by atoms with van der Waals surface area (Å²) in [6.07, 6.45) is 0.719. The maximum atomic E-state index is 13.7. The number of primary sulfonamides is 1. The summed E-state index contributed by atoms with van der Waals surface area (Å²) in [5.41, 5.74) is 0.611. The predicted octanol–water partition coefficient (Wildman–Crippen LogP) is 2.93. The van der Waals surface area contributed by atoms with Crippen LogP contribution in [0.5, 0.6) is 5.75 Å². The Morgan fingerprint density at radius 3 is 2.53 bits per heavy atom. The number of urea groups is 1. The van der Waals surface area contributed by atoms with Gasteiger partial charge in [-0.05, 0) is 36.8 Å². The molecule has 0 spiro atoms. The summed E-state index contributed by atoms with van der Waals surface area (Å²) in [7, 11) is -3.83. The lowest BCUT2D eigenvalue weighted by Gasteiger charge is -2.33. The number of likely N-dealkylation sites (tertiary alicyclic amines) is 1. The van der Waals surface area contributed by atoms with Crippen molar-refractivity contribution in [2.75, 3.05) is 13.1 Å². The average molecular weight is 439 g/mol. The standard InChI is InChI=1S/C20H23F2N3O4S/c1-13(14-3-2-4-17(11-14)30(23,27)28)24-20(26)25-9-7-16(8-10-25)29-19-6-5-15(21)12-18(19)22/h2-6,11-13,16H,7-10H2,1H3,(H,24,26)(H2,23,27,28). The Hall–Kier alpha value is -2.72. The van der Waals surface area contributed by atoms with Gasteiger partial charge in [-0.1, -0.05) is 12.1 Å². The van der Waals surface area contributed by atoms with Crippen molar-refractivity contribution in [2.45, 2.75) is 36.8 Å². The zero-order chi connectivity index (χ0) is 21.9. The number of halogens is 2. The minimum absolute atomic E-state index is 0.0114. The molecule has 162 valence electrons. The van der Waals surface area contributed by atoms with Gasteiger partial charge in [-0.2, -0.15) is 0 Å². The summed E-state index contributed by atoms with van der Waals surface area (Å²) < 4.78 is 55.3. The highest BCUT2D eigenvalue weighted by molar-refractivity contribution is 7.89. The number of ether oxygens (including phenoxy) is 1. The second kappa shape index (κ2) is 8.97. The van der Waals surface area contributed by atoms with E-state index in [1.807, 2.05) is 0 Å². The van der Waals surface area contributed by atoms with E-state index in [0.717, 1.165) is 12.1 Å². The monoisotopic (exact) mass is 439 g/mol. The zero-order valence-electron chi connectivity index (χ0n) is 16.3. The van der Waals surface area contributed by atoms with Crippen LogP contribution in [0, 0.1) is 11.6 Å². The zero-order valence-corrected chi connectivity index (χ0v) is 17.2. The van der Waals surface area contributed by atoms with Crippen molar-refractivity contribution in [1.82, 2.24) is 10.2 Å². The van der Waals surface area contributed by atoms with E-state index in [0.29, 0.717) is 31.5 Å². The molecule has 1 atom stereocenters. The van der Waals surface area contributed by atoms with Gasteiger partial charge in [0.05, 0.1) is 10.9 Å². The number of piperidine rings is 1. The SMILES string of the molecule is CC(NC(=O)N1CCC(Oc2ccc(F)cc2F)CC1)c1cccc(S(N)(=O)=O)c1. The molecule has 7 nitrogen and oxygen atoms in total. The smallest absolute Gasteiger partial charge is 0.317 e. The highest BCUT2D eigenvalue weighted by Gasteiger charge is 2.25. The molecule has 0 radical (unpaired) electrons. The van der Waals surface area contributed by atoms with Crippen LogP contribution in [0.25, 0.3) is 0 Å². The Labute approximate surface area is 173 Å². The third kappa shape index (κ3) is 5.45. The Bertz CT molecular complexity index is 1020. The number of benzene rings is 2. The average Bonchev–Trinajstić information content (AvgIpc) is 2.70. The summed E-state index contributed by atoms with van der Waals surface area (Å²) in [6, 6.07) is 8.51. The van der Waals surface area contributed by atoms with E-state index < -0.39 is 27.7 Å². The Morgan fingerprint density at radius 2 is 1.90 bits per heavy atom. The van der Waals surface area contributed by atoms with Gasteiger partial charge in [-0.15, -0.1) is 0 Å². The number of nitrogens with zero attached hydrogens (tertiary/aromatic N) is 1. The van der Waals surface area contributed by atoms with E-state index in [4.69, 9.17) is 9.88 Å². The molecule has 1 saturated heterocycles. The van der Waals surface area contributed by atoms with E-state index >= 15 is 0 Å². The lowest BCUT2D eigenvalue weighted by Crippen LogP contribution is -2.47. The van der Waals surface area contributed by atoms with Crippen molar-refractivity contribution >= 4 is 16.1 Å². The van der Waals surface area contributed by atoms with E-state index in [2.05, 4.69) is 5.32 Å². The fourth-order valence-corrected chi connectivity index (χ4v) is 3.82. The fraction of sp³-hybridized carbons (Fsp3) is 0.350. The van der Waals surface area contributed by atoms with Gasteiger partial charge in [0.15, 0.2) is 11.6 Å². The maximum Gasteiger partial charge on any atom is 0.317 e. The highest BCUT2D eigenvalue weighted by Crippen LogP contribution is 2.23. The molecular formula is C20H23F2N3O4S. The van der Waals surface area contributed by atoms with Crippen molar-refractivity contribution in [2.24, 2.45) is 5.14 Å². The number of carbonyl (C=O) groups excluding carboxylic acids is 1. The quantitative estimate of drug-likeness (QED) is 0.748. The number of hydrogen-bond acceptors (Lipinski definition) is 4. The second-order valence-electron chi connectivity index (χ2n) is 7.17. The Kier molecular flexibility index (Phi) is 6.57. The van der Waals surface area contributed by atoms with Crippen LogP contribution in [0.1, 0.15) is 31.4 Å². The highest BCUT2D eigenvalue weighted by atomic mass is 32.2. The van der Waals surface area contributed by atoms with Crippen molar-refractivity contribution in [3.05, 3.63) is 59.7 Å². The Morgan fingerprint density at radius 1 is 1.20 bits per heavy atom. The molecule has 1 heterocycles. The number of hydrogen-bond donors (Lipinski definition) is 2. The van der Waals surface area contributed by atoms with Crippen LogP contribution in [0.4, 0.5) is 13.6 Å². The van der Waals surface area contributed by atoms with Crippen LogP contribution < -0.4 is 15.2 Å². The first kappa shape index (κ1) is 22.0. The molecule has 2 amide bonds. The minimum atomic E-state index is -3.83. The van der Waals surface area contributed by atoms with Gasteiger partial charge in [-0.3, -0.25) is 0 Å². The van der Waals surface area contributed by atoms with Gasteiger partial charge in [0, 0.05) is 32.0 Å². The minimum Gasteiger partial charge on any atom is -0.487 e. The normalized spacial score (nSPS) is 16.2. The van der Waals surface area contributed by atoms with E-state index in [1.54, 1.807) is 24.0 Å². The van der Waals surface area contributed by atoms with Gasteiger partial charge >= 0.3 is 6.03 Å². The number of nitrogens with two attached hydrogens (primary N) is 1. The molecule has 3 rings (SSSR count). The first-order chi connectivity index (χ1) is 14.1. The molecule has 2 aromatic rings. The summed E-state index contributed by atoms with van der Waals surface area (Å²) in [4.78, 5) is 14.1. The first-order valence-electron chi connectivity index (χ1n) is 9.43. The van der Waals surface area contributed by atoms with Gasteiger partial charge in [0.2, 0.25) is 10.0 Å². The molecule has 1 fully saturated rings. The summed E-state index contributed by atoms with van der Waals surface area (Å²) >= 11 is 0. The van der Waals surface area contributed by atoms with Crippen LogP contribution in [0.15, 0.2) is 47.4 Å². The number of rotatable bonds is 5. The summed E-state index contributed by atoms with van der Waals surface area (Å²) in [6.45, 7) is 2.56. The molecule has 0 bridgehead atoms. The molecule has 2 aromatic carbocycles. The summed E-state index contributed by atoms with van der Waals surface area (Å²) in [5.74, 6) is -1.44. The number of nitrogens with one attached hydrogen (secondary N) is 1. The molecular weight excluding hydrogens is 416 g/mol. The molecule has 0 aromatic heterocycles. The largest absolute Gasteiger partial charge is 0.487 e. The van der Waals surface area contributed by atoms with E-state index in [1.165, 1.54) is 18.2 Å². The molecule has 1 unspecified atom stereocenters. The third-order valence-electron chi connectivity index (χ3n) is 4.94. The molecule has 1 aliphatic rings. The molecule has 30 heavy (non-hydrogen) atoms. The maximum absolute atomic E-state index is 13.7. The third-order valence-corrected chi connectivity index (χ3v) is 5.85. The topological polar surface area (TPSA) is 102 Å². The molecule has 10 heteroatoms. The van der Waals surface area contributed by atoms with Crippen molar-refractivity contribution in [1.29, 1.82) is 0 Å². The molecule has 0 aliphatic carbocycles. The number of carbonyl (C=O) groups is 1. The molecule has 3 N–H and O–H groups in total. The van der Waals surface area contributed by atoms with Crippen molar-refractivity contribution in [3.8, 4) is 5.75 Å². The van der Waals surface area contributed by atoms with Crippen LogP contribution in [0.2, 0.25) is 0 Å². The van der Waals surface area contributed by atoms with E-state index in [9.17, 15) is 22.0 Å². The molecule has 0 saturated carbocycles. The van der Waals surface area contributed by atoms with Gasteiger partial charge in [-0.25, -0.2) is 27.1 Å². The number of amides is 2.